The Morgan fingerprint density at radius 3 is 2.86 bits per heavy atom. The second-order valence-corrected chi connectivity index (χ2v) is 3.98. The van der Waals surface area contributed by atoms with Crippen LogP contribution in [0.1, 0.15) is 13.8 Å². The first-order valence-electron chi connectivity index (χ1n) is 4.97. The van der Waals surface area contributed by atoms with Crippen LogP contribution in [0.4, 0.5) is 0 Å². The molecule has 1 aromatic carbocycles. The van der Waals surface area contributed by atoms with Crippen molar-refractivity contribution in [1.29, 1.82) is 0 Å². The van der Waals surface area contributed by atoms with Crippen LogP contribution in [0.2, 0.25) is 0 Å². The van der Waals surface area contributed by atoms with Crippen molar-refractivity contribution in [2.75, 3.05) is 0 Å². The van der Waals surface area contributed by atoms with Crippen LogP contribution in [0.25, 0.3) is 22.6 Å². The highest BCUT2D eigenvalue weighted by Gasteiger charge is 2.14. The molecule has 0 radical (unpaired) electrons. The molecule has 0 spiro atoms. The summed E-state index contributed by atoms with van der Waals surface area (Å²) in [5.41, 5.74) is 3.43. The Balaban J connectivity index is 2.60. The van der Waals surface area contributed by atoms with Gasteiger partial charge in [0, 0.05) is 10.6 Å². The second kappa shape index (κ2) is 2.50. The largest absolute Gasteiger partial charge is 0.456 e. The summed E-state index contributed by atoms with van der Waals surface area (Å²) in [5, 5.41) is 2.52. The molecule has 70 valence electrons. The summed E-state index contributed by atoms with van der Waals surface area (Å²) in [4.78, 5) is 0. The molecule has 0 saturated heterocycles. The molecule has 0 amide bonds. The first-order chi connectivity index (χ1) is 6.77. The van der Waals surface area contributed by atoms with Crippen LogP contribution in [-0.4, -0.2) is 0 Å². The van der Waals surface area contributed by atoms with Crippen LogP contribution >= 0.6 is 0 Å². The smallest absolute Gasteiger partial charge is 0.135 e. The van der Waals surface area contributed by atoms with Gasteiger partial charge in [-0.05, 0) is 24.5 Å². The zero-order valence-corrected chi connectivity index (χ0v) is 8.37. The molecule has 1 nitrogen and oxygen atoms in total. The van der Waals surface area contributed by atoms with Crippen molar-refractivity contribution in [1.82, 2.24) is 0 Å². The van der Waals surface area contributed by atoms with Crippen molar-refractivity contribution in [2.45, 2.75) is 13.8 Å². The van der Waals surface area contributed by atoms with E-state index in [4.69, 9.17) is 4.42 Å². The number of fused-ring (bicyclic) bond motifs is 3. The van der Waals surface area contributed by atoms with Gasteiger partial charge in [-0.25, -0.2) is 0 Å². The number of rotatable bonds is 0. The summed E-state index contributed by atoms with van der Waals surface area (Å²) < 4.78 is 5.82. The van der Waals surface area contributed by atoms with E-state index in [0.29, 0.717) is 5.92 Å². The first-order valence-corrected chi connectivity index (χ1v) is 4.97. The summed E-state index contributed by atoms with van der Waals surface area (Å²) in [7, 11) is 0. The molecule has 1 aliphatic rings. The van der Waals surface area contributed by atoms with Crippen molar-refractivity contribution >= 4 is 22.6 Å². The normalized spacial score (nSPS) is 19.9. The molecule has 0 N–H and O–H groups in total. The Hall–Kier alpha value is -1.50. The van der Waals surface area contributed by atoms with Crippen molar-refractivity contribution in [3.63, 3.8) is 0 Å². The molecule has 3 rings (SSSR count). The average molecular weight is 184 g/mol. The Morgan fingerprint density at radius 2 is 2.00 bits per heavy atom. The van der Waals surface area contributed by atoms with Crippen molar-refractivity contribution in [3.8, 4) is 0 Å². The molecule has 0 saturated carbocycles. The Labute approximate surface area is 82.3 Å². The molecule has 1 aliphatic carbocycles. The molecule has 0 bridgehead atoms. The van der Waals surface area contributed by atoms with E-state index in [1.807, 2.05) is 12.1 Å². The summed E-state index contributed by atoms with van der Waals surface area (Å²) in [6, 6.07) is 8.23. The van der Waals surface area contributed by atoms with Crippen LogP contribution in [0.15, 0.2) is 28.7 Å². The zero-order chi connectivity index (χ0) is 9.71. The number of hydrogen-bond donors (Lipinski definition) is 0. The van der Waals surface area contributed by atoms with E-state index >= 15 is 0 Å². The quantitative estimate of drug-likeness (QED) is 0.610. The van der Waals surface area contributed by atoms with Crippen molar-refractivity contribution < 1.29 is 4.42 Å². The first kappa shape index (κ1) is 7.86. The summed E-state index contributed by atoms with van der Waals surface area (Å²) in [6.07, 6.45) is 2.29. The lowest BCUT2D eigenvalue weighted by molar-refractivity contribution is 0.571. The molecule has 2 aromatic rings. The SMILES string of the molecule is CC1=c2oc3ccccc3c2=CC1C. The predicted octanol–water partition coefficient (Wildman–Crippen LogP) is 2.03. The van der Waals surface area contributed by atoms with Gasteiger partial charge < -0.3 is 4.42 Å². The molecule has 0 fully saturated rings. The van der Waals surface area contributed by atoms with Crippen LogP contribution in [0.5, 0.6) is 0 Å². The molecule has 1 heteroatoms. The highest BCUT2D eigenvalue weighted by molar-refractivity contribution is 5.81. The van der Waals surface area contributed by atoms with E-state index in [1.54, 1.807) is 0 Å². The van der Waals surface area contributed by atoms with E-state index in [2.05, 4.69) is 32.1 Å². The van der Waals surface area contributed by atoms with Gasteiger partial charge in [0.15, 0.2) is 0 Å². The maximum atomic E-state index is 5.82. The minimum Gasteiger partial charge on any atom is -0.456 e. The van der Waals surface area contributed by atoms with E-state index in [0.717, 1.165) is 11.0 Å². The minimum absolute atomic E-state index is 0.522. The van der Waals surface area contributed by atoms with Crippen LogP contribution in [0.3, 0.4) is 0 Å². The summed E-state index contributed by atoms with van der Waals surface area (Å²) in [6.45, 7) is 4.36. The van der Waals surface area contributed by atoms with E-state index in [1.165, 1.54) is 16.2 Å². The minimum atomic E-state index is 0.522. The topological polar surface area (TPSA) is 13.1 Å². The third-order valence-electron chi connectivity index (χ3n) is 3.09. The molecule has 14 heavy (non-hydrogen) atoms. The summed E-state index contributed by atoms with van der Waals surface area (Å²) >= 11 is 0. The van der Waals surface area contributed by atoms with Gasteiger partial charge in [0.05, 0.1) is 0 Å². The number of benzene rings is 1. The van der Waals surface area contributed by atoms with E-state index < -0.39 is 0 Å². The lowest BCUT2D eigenvalue weighted by Gasteiger charge is -1.98. The monoisotopic (exact) mass is 184 g/mol. The molecule has 0 aliphatic heterocycles. The maximum absolute atomic E-state index is 5.82. The van der Waals surface area contributed by atoms with E-state index in [-0.39, 0.29) is 0 Å². The second-order valence-electron chi connectivity index (χ2n) is 3.98. The molecular weight excluding hydrogens is 172 g/mol. The lowest BCUT2D eigenvalue weighted by Crippen LogP contribution is -2.17. The van der Waals surface area contributed by atoms with Gasteiger partial charge in [0.2, 0.25) is 0 Å². The Morgan fingerprint density at radius 1 is 1.21 bits per heavy atom. The van der Waals surface area contributed by atoms with Gasteiger partial charge >= 0.3 is 0 Å². The van der Waals surface area contributed by atoms with E-state index in [9.17, 15) is 0 Å². The van der Waals surface area contributed by atoms with Crippen LogP contribution < -0.4 is 10.6 Å². The molecule has 1 atom stereocenters. The van der Waals surface area contributed by atoms with Crippen LogP contribution in [-0.2, 0) is 0 Å². The number of hydrogen-bond acceptors (Lipinski definition) is 1. The van der Waals surface area contributed by atoms with Crippen molar-refractivity contribution in [3.05, 3.63) is 34.9 Å². The van der Waals surface area contributed by atoms with Gasteiger partial charge in [0.1, 0.15) is 11.0 Å². The fraction of sp³-hybridized carbons (Fsp3) is 0.231. The van der Waals surface area contributed by atoms with Crippen molar-refractivity contribution in [2.24, 2.45) is 5.92 Å². The fourth-order valence-electron chi connectivity index (χ4n) is 2.11. The fourth-order valence-corrected chi connectivity index (χ4v) is 2.11. The van der Waals surface area contributed by atoms with Gasteiger partial charge in [-0.3, -0.25) is 0 Å². The Bertz CT molecular complexity index is 616. The highest BCUT2D eigenvalue weighted by Crippen LogP contribution is 2.17. The third kappa shape index (κ3) is 0.844. The van der Waals surface area contributed by atoms with Gasteiger partial charge in [-0.15, -0.1) is 0 Å². The van der Waals surface area contributed by atoms with Gasteiger partial charge in [-0.1, -0.05) is 31.2 Å². The molecule has 1 heterocycles. The van der Waals surface area contributed by atoms with Crippen LogP contribution in [0, 0.1) is 5.92 Å². The maximum Gasteiger partial charge on any atom is 0.135 e. The van der Waals surface area contributed by atoms with Gasteiger partial charge in [0.25, 0.3) is 0 Å². The predicted molar refractivity (Wildman–Crippen MR) is 58.2 cm³/mol. The Kier molecular flexibility index (Phi) is 1.41. The molecule has 1 unspecified atom stereocenters. The van der Waals surface area contributed by atoms with Gasteiger partial charge in [-0.2, -0.15) is 0 Å². The number of furan rings is 1. The lowest BCUT2D eigenvalue weighted by atomic mass is 10.1. The zero-order valence-electron chi connectivity index (χ0n) is 8.37. The summed E-state index contributed by atoms with van der Waals surface area (Å²) in [5.74, 6) is 0.522. The average Bonchev–Trinajstić information content (AvgIpc) is 2.67. The standard InChI is InChI=1S/C13H12O/c1-8-7-11-10-5-3-4-6-12(10)14-13(11)9(8)2/h3-8H,1-2H3. The molecular formula is C13H12O. The number of para-hydroxylation sites is 1. The molecule has 1 aromatic heterocycles. The highest BCUT2D eigenvalue weighted by atomic mass is 16.3. The third-order valence-corrected chi connectivity index (χ3v) is 3.09.